The SMILES string of the molecule is COCCOC(=O)c1cc(Br)c(N=Nc2cc(N(CCO)CCO)ccc2C)c([N+](=O)[O-])c1. The van der Waals surface area contributed by atoms with Crippen LogP contribution in [0.25, 0.3) is 0 Å². The summed E-state index contributed by atoms with van der Waals surface area (Å²) < 4.78 is 10.0. The summed E-state index contributed by atoms with van der Waals surface area (Å²) >= 11 is 3.23. The smallest absolute Gasteiger partial charge is 0.338 e. The van der Waals surface area contributed by atoms with Crippen LogP contribution in [0.1, 0.15) is 15.9 Å². The largest absolute Gasteiger partial charge is 0.460 e. The lowest BCUT2D eigenvalue weighted by Gasteiger charge is -2.23. The van der Waals surface area contributed by atoms with Gasteiger partial charge in [-0.15, -0.1) is 10.2 Å². The van der Waals surface area contributed by atoms with Crippen LogP contribution in [-0.2, 0) is 9.47 Å². The van der Waals surface area contributed by atoms with Crippen molar-refractivity contribution in [2.75, 3.05) is 51.5 Å². The van der Waals surface area contributed by atoms with Crippen LogP contribution in [0.4, 0.5) is 22.7 Å². The van der Waals surface area contributed by atoms with Crippen molar-refractivity contribution in [3.63, 3.8) is 0 Å². The lowest BCUT2D eigenvalue weighted by Crippen LogP contribution is -2.29. The van der Waals surface area contributed by atoms with Crippen LogP contribution in [0.15, 0.2) is 45.0 Å². The van der Waals surface area contributed by atoms with Crippen molar-refractivity contribution in [2.24, 2.45) is 10.2 Å². The van der Waals surface area contributed by atoms with Crippen LogP contribution in [0.2, 0.25) is 0 Å². The zero-order chi connectivity index (χ0) is 24.4. The molecule has 0 saturated carbocycles. The molecule has 0 aliphatic carbocycles. The molecule has 2 aromatic rings. The zero-order valence-electron chi connectivity index (χ0n) is 18.2. The van der Waals surface area contributed by atoms with Crippen molar-refractivity contribution in [3.05, 3.63) is 56.0 Å². The number of methoxy groups -OCH3 is 1. The Morgan fingerprint density at radius 3 is 2.45 bits per heavy atom. The van der Waals surface area contributed by atoms with Crippen molar-refractivity contribution >= 4 is 44.6 Å². The Kier molecular flexibility index (Phi) is 10.3. The molecule has 0 aliphatic rings. The predicted molar refractivity (Wildman–Crippen MR) is 125 cm³/mol. The number of halogens is 1. The lowest BCUT2D eigenvalue weighted by atomic mass is 10.1. The van der Waals surface area contributed by atoms with Gasteiger partial charge in [0.1, 0.15) is 6.61 Å². The van der Waals surface area contributed by atoms with Gasteiger partial charge in [0, 0.05) is 32.0 Å². The van der Waals surface area contributed by atoms with Gasteiger partial charge in [0.25, 0.3) is 5.69 Å². The predicted octanol–water partition coefficient (Wildman–Crippen LogP) is 3.68. The van der Waals surface area contributed by atoms with E-state index in [0.717, 1.165) is 11.6 Å². The van der Waals surface area contributed by atoms with Crippen LogP contribution >= 0.6 is 15.9 Å². The molecule has 0 aliphatic heterocycles. The quantitative estimate of drug-likeness (QED) is 0.140. The molecule has 0 amide bonds. The summed E-state index contributed by atoms with van der Waals surface area (Å²) in [6, 6.07) is 7.80. The van der Waals surface area contributed by atoms with Gasteiger partial charge in [0.15, 0.2) is 5.69 Å². The van der Waals surface area contributed by atoms with Gasteiger partial charge in [0.2, 0.25) is 0 Å². The van der Waals surface area contributed by atoms with Crippen molar-refractivity contribution in [1.82, 2.24) is 0 Å². The third-order valence-electron chi connectivity index (χ3n) is 4.55. The fourth-order valence-electron chi connectivity index (χ4n) is 2.86. The summed E-state index contributed by atoms with van der Waals surface area (Å²) in [6.45, 7) is 2.48. The fourth-order valence-corrected chi connectivity index (χ4v) is 3.39. The highest BCUT2D eigenvalue weighted by Crippen LogP contribution is 2.38. The number of carbonyl (C=O) groups excluding carboxylic acids is 1. The maximum atomic E-state index is 12.2. The van der Waals surface area contributed by atoms with E-state index in [9.17, 15) is 25.1 Å². The number of azo groups is 1. The molecule has 0 heterocycles. The number of hydrogen-bond acceptors (Lipinski definition) is 10. The number of anilines is 1. The van der Waals surface area contributed by atoms with Gasteiger partial charge in [-0.2, -0.15) is 0 Å². The molecular weight excluding hydrogens is 500 g/mol. The Bertz CT molecular complexity index is 1010. The van der Waals surface area contributed by atoms with Crippen molar-refractivity contribution in [2.45, 2.75) is 6.92 Å². The van der Waals surface area contributed by atoms with Crippen molar-refractivity contribution in [1.29, 1.82) is 0 Å². The number of nitro groups is 1. The summed E-state index contributed by atoms with van der Waals surface area (Å²) in [7, 11) is 1.46. The van der Waals surface area contributed by atoms with Gasteiger partial charge >= 0.3 is 5.97 Å². The van der Waals surface area contributed by atoms with Gasteiger partial charge in [-0.3, -0.25) is 10.1 Å². The Balaban J connectivity index is 2.39. The molecule has 0 spiro atoms. The summed E-state index contributed by atoms with van der Waals surface area (Å²) in [4.78, 5) is 24.9. The van der Waals surface area contributed by atoms with E-state index in [-0.39, 0.29) is 42.2 Å². The molecule has 2 N–H and O–H groups in total. The number of aryl methyl sites for hydroxylation is 1. The molecule has 0 radical (unpaired) electrons. The van der Waals surface area contributed by atoms with E-state index in [1.54, 1.807) is 17.0 Å². The highest BCUT2D eigenvalue weighted by molar-refractivity contribution is 9.10. The molecule has 2 rings (SSSR count). The average Bonchev–Trinajstić information content (AvgIpc) is 2.78. The summed E-state index contributed by atoms with van der Waals surface area (Å²) in [5.41, 5.74) is 1.46. The number of carbonyl (C=O) groups is 1. The molecular formula is C21H25BrN4O7. The molecule has 0 aromatic heterocycles. The Morgan fingerprint density at radius 1 is 1.15 bits per heavy atom. The van der Waals surface area contributed by atoms with Gasteiger partial charge in [-0.25, -0.2) is 4.79 Å². The van der Waals surface area contributed by atoms with Crippen molar-refractivity contribution in [3.8, 4) is 0 Å². The lowest BCUT2D eigenvalue weighted by molar-refractivity contribution is -0.384. The van der Waals surface area contributed by atoms with Gasteiger partial charge in [-0.05, 0) is 46.6 Å². The maximum absolute atomic E-state index is 12.2. The van der Waals surface area contributed by atoms with E-state index in [0.29, 0.717) is 24.5 Å². The number of esters is 1. The number of aliphatic hydroxyl groups excluding tert-OH is 2. The van der Waals surface area contributed by atoms with Gasteiger partial charge < -0.3 is 24.6 Å². The molecule has 178 valence electrons. The van der Waals surface area contributed by atoms with E-state index in [1.165, 1.54) is 13.2 Å². The summed E-state index contributed by atoms with van der Waals surface area (Å²) in [5.74, 6) is -0.726. The molecule has 12 heteroatoms. The number of ether oxygens (including phenoxy) is 2. The first-order valence-corrected chi connectivity index (χ1v) is 10.7. The van der Waals surface area contributed by atoms with Gasteiger partial charge in [0.05, 0.1) is 40.5 Å². The second-order valence-corrected chi connectivity index (χ2v) is 7.67. The average molecular weight is 525 g/mol. The molecule has 0 atom stereocenters. The number of benzene rings is 2. The number of nitrogens with zero attached hydrogens (tertiary/aromatic N) is 4. The second kappa shape index (κ2) is 12.9. The molecule has 2 aromatic carbocycles. The third kappa shape index (κ3) is 7.29. The molecule has 33 heavy (non-hydrogen) atoms. The normalized spacial score (nSPS) is 11.1. The van der Waals surface area contributed by atoms with E-state index in [1.807, 2.05) is 13.0 Å². The van der Waals surface area contributed by atoms with Crippen LogP contribution in [-0.4, -0.2) is 67.7 Å². The molecule has 0 unspecified atom stereocenters. The van der Waals surface area contributed by atoms with E-state index in [4.69, 9.17) is 9.47 Å². The van der Waals surface area contributed by atoms with Crippen LogP contribution < -0.4 is 4.90 Å². The highest BCUT2D eigenvalue weighted by atomic mass is 79.9. The first-order chi connectivity index (χ1) is 15.8. The monoisotopic (exact) mass is 524 g/mol. The summed E-state index contributed by atoms with van der Waals surface area (Å²) in [6.07, 6.45) is 0. The van der Waals surface area contributed by atoms with Crippen LogP contribution in [0.5, 0.6) is 0 Å². The van der Waals surface area contributed by atoms with Crippen molar-refractivity contribution < 1.29 is 29.4 Å². The molecule has 11 nitrogen and oxygen atoms in total. The highest BCUT2D eigenvalue weighted by Gasteiger charge is 2.22. The number of nitro benzene ring substituents is 1. The topological polar surface area (TPSA) is 147 Å². The Morgan fingerprint density at radius 2 is 1.85 bits per heavy atom. The standard InChI is InChI=1S/C21H25BrN4O7/c1-14-3-4-16(25(5-7-27)6-8-28)13-18(14)23-24-20-17(22)11-15(12-19(20)26(30)31)21(29)33-10-9-32-2/h3-4,11-13,27-28H,5-10H2,1-2H3. The molecule has 0 fully saturated rings. The van der Waals surface area contributed by atoms with Crippen LogP contribution in [0, 0.1) is 17.0 Å². The Hall–Kier alpha value is -2.93. The minimum Gasteiger partial charge on any atom is -0.460 e. The minimum atomic E-state index is -0.726. The minimum absolute atomic E-state index is 0.00884. The molecule has 0 bridgehead atoms. The third-order valence-corrected chi connectivity index (χ3v) is 5.16. The first kappa shape index (κ1) is 26.3. The van der Waals surface area contributed by atoms with Crippen LogP contribution in [0.3, 0.4) is 0 Å². The Labute approximate surface area is 198 Å². The maximum Gasteiger partial charge on any atom is 0.338 e. The first-order valence-electron chi connectivity index (χ1n) is 9.95. The van der Waals surface area contributed by atoms with E-state index >= 15 is 0 Å². The number of hydrogen-bond donors (Lipinski definition) is 2. The van der Waals surface area contributed by atoms with E-state index < -0.39 is 16.6 Å². The second-order valence-electron chi connectivity index (χ2n) is 6.82. The van der Waals surface area contributed by atoms with Gasteiger partial charge in [-0.1, -0.05) is 6.07 Å². The number of aliphatic hydroxyl groups is 2. The zero-order valence-corrected chi connectivity index (χ0v) is 19.8. The number of rotatable bonds is 12. The summed E-state index contributed by atoms with van der Waals surface area (Å²) in [5, 5.41) is 38.4. The van der Waals surface area contributed by atoms with E-state index in [2.05, 4.69) is 26.2 Å². The fraction of sp³-hybridized carbons (Fsp3) is 0.381. The molecule has 0 saturated heterocycles.